The summed E-state index contributed by atoms with van der Waals surface area (Å²) in [6, 6.07) is 5.61. The highest BCUT2D eigenvalue weighted by Gasteiger charge is 2.40. The van der Waals surface area contributed by atoms with Gasteiger partial charge >= 0.3 is 6.18 Å². The van der Waals surface area contributed by atoms with Gasteiger partial charge in [-0.2, -0.15) is 18.3 Å². The minimum atomic E-state index is -4.55. The molecule has 8 nitrogen and oxygen atoms in total. The molecule has 2 N–H and O–H groups in total. The van der Waals surface area contributed by atoms with Gasteiger partial charge in [-0.3, -0.25) is 5.10 Å². The van der Waals surface area contributed by atoms with Gasteiger partial charge in [0.2, 0.25) is 0 Å². The van der Waals surface area contributed by atoms with Crippen LogP contribution in [0.2, 0.25) is 5.02 Å². The summed E-state index contributed by atoms with van der Waals surface area (Å²) in [5, 5.41) is 12.2. The number of aromatic nitrogens is 4. The van der Waals surface area contributed by atoms with Crippen molar-refractivity contribution in [2.75, 3.05) is 57.8 Å². The Morgan fingerprint density at radius 3 is 2.47 bits per heavy atom. The Morgan fingerprint density at radius 1 is 1.05 bits per heavy atom. The number of fused-ring (bicyclic) bond motifs is 2. The Labute approximate surface area is 252 Å². The van der Waals surface area contributed by atoms with Crippen LogP contribution in [0.5, 0.6) is 5.75 Å². The summed E-state index contributed by atoms with van der Waals surface area (Å²) in [4.78, 5) is 14.7. The molecule has 0 aliphatic carbocycles. The van der Waals surface area contributed by atoms with Crippen LogP contribution in [0.1, 0.15) is 43.0 Å². The minimum absolute atomic E-state index is 0.0334. The largest absolute Gasteiger partial charge is 0.481 e. The summed E-state index contributed by atoms with van der Waals surface area (Å²) in [5.41, 5.74) is 3.35. The lowest BCUT2D eigenvalue weighted by atomic mass is 9.73. The van der Waals surface area contributed by atoms with E-state index in [2.05, 4.69) is 32.4 Å². The number of piperidine rings is 2. The van der Waals surface area contributed by atoms with E-state index in [1.54, 1.807) is 6.20 Å². The van der Waals surface area contributed by atoms with Crippen molar-refractivity contribution in [1.29, 1.82) is 0 Å². The van der Waals surface area contributed by atoms with E-state index in [-0.39, 0.29) is 16.7 Å². The van der Waals surface area contributed by atoms with Crippen molar-refractivity contribution in [3.63, 3.8) is 0 Å². The normalized spacial score (nSPS) is 19.8. The van der Waals surface area contributed by atoms with E-state index in [1.807, 2.05) is 25.1 Å². The molecule has 5 heterocycles. The average Bonchev–Trinajstić information content (AvgIpc) is 3.44. The van der Waals surface area contributed by atoms with E-state index >= 15 is 0 Å². The first-order valence-corrected chi connectivity index (χ1v) is 15.3. The molecule has 3 aliphatic rings. The van der Waals surface area contributed by atoms with Crippen molar-refractivity contribution in [3.05, 3.63) is 40.8 Å². The Balaban J connectivity index is 1.45. The van der Waals surface area contributed by atoms with Gasteiger partial charge in [-0.1, -0.05) is 17.7 Å². The number of nitrogens with zero attached hydrogens (tertiary/aromatic N) is 5. The topological polar surface area (TPSA) is 82.2 Å². The highest BCUT2D eigenvalue weighted by Crippen LogP contribution is 2.48. The van der Waals surface area contributed by atoms with Gasteiger partial charge in [-0.15, -0.1) is 0 Å². The zero-order valence-electron chi connectivity index (χ0n) is 24.3. The van der Waals surface area contributed by atoms with Crippen LogP contribution in [-0.2, 0) is 0 Å². The lowest BCUT2D eigenvalue weighted by Crippen LogP contribution is -2.58. The second-order valence-electron chi connectivity index (χ2n) is 12.5. The van der Waals surface area contributed by atoms with Crippen LogP contribution >= 0.6 is 11.6 Å². The number of ether oxygens (including phenoxy) is 1. The van der Waals surface area contributed by atoms with Gasteiger partial charge < -0.3 is 19.9 Å². The SMILES string of the molecule is Cc1ccc2[nH]ncc2c1-c1c(Cl)cc2c(N3CCC4(CC3)CNC4)nc(C3CCN(C)CC3)nc2c1OCC(F)(F)F. The number of aryl methyl sites for hydroxylation is 1. The molecule has 0 radical (unpaired) electrons. The van der Waals surface area contributed by atoms with Crippen LogP contribution in [0, 0.1) is 12.3 Å². The molecule has 0 atom stereocenters. The van der Waals surface area contributed by atoms with Gasteiger partial charge in [0.05, 0.1) is 16.7 Å². The minimum Gasteiger partial charge on any atom is -0.481 e. The van der Waals surface area contributed by atoms with Crippen molar-refractivity contribution >= 4 is 39.2 Å². The number of H-pyrrole nitrogens is 1. The summed E-state index contributed by atoms with van der Waals surface area (Å²) < 4.78 is 46.9. The number of aromatic amines is 1. The van der Waals surface area contributed by atoms with Crippen LogP contribution in [0.4, 0.5) is 19.0 Å². The van der Waals surface area contributed by atoms with E-state index in [0.717, 1.165) is 87.2 Å². The zero-order chi connectivity index (χ0) is 29.9. The molecule has 0 bridgehead atoms. The molecule has 1 spiro atoms. The van der Waals surface area contributed by atoms with E-state index in [9.17, 15) is 13.2 Å². The molecule has 0 amide bonds. The maximum absolute atomic E-state index is 13.7. The van der Waals surface area contributed by atoms with Gasteiger partial charge in [0.25, 0.3) is 0 Å². The third kappa shape index (κ3) is 5.29. The molecule has 228 valence electrons. The van der Waals surface area contributed by atoms with Gasteiger partial charge in [0, 0.05) is 54.0 Å². The molecular formula is C31H35ClF3N7O. The van der Waals surface area contributed by atoms with Gasteiger partial charge in [0.15, 0.2) is 12.4 Å². The molecule has 0 saturated carbocycles. The second-order valence-corrected chi connectivity index (χ2v) is 12.9. The molecule has 43 heavy (non-hydrogen) atoms. The first kappa shape index (κ1) is 28.6. The summed E-state index contributed by atoms with van der Waals surface area (Å²) in [5.74, 6) is 1.51. The summed E-state index contributed by atoms with van der Waals surface area (Å²) in [6.45, 7) is 5.93. The van der Waals surface area contributed by atoms with E-state index in [4.69, 9.17) is 26.3 Å². The Bertz CT molecular complexity index is 1670. The highest BCUT2D eigenvalue weighted by molar-refractivity contribution is 6.35. The summed E-state index contributed by atoms with van der Waals surface area (Å²) >= 11 is 7.04. The third-order valence-electron chi connectivity index (χ3n) is 9.56. The molecule has 2 aromatic carbocycles. The number of alkyl halides is 3. The van der Waals surface area contributed by atoms with Crippen LogP contribution in [-0.4, -0.2) is 84.2 Å². The zero-order valence-corrected chi connectivity index (χ0v) is 25.1. The summed E-state index contributed by atoms with van der Waals surface area (Å²) in [6.07, 6.45) is 0.929. The Hall–Kier alpha value is -3.15. The Kier molecular flexibility index (Phi) is 7.17. The smallest absolute Gasteiger partial charge is 0.422 e. The third-order valence-corrected chi connectivity index (χ3v) is 9.86. The van der Waals surface area contributed by atoms with E-state index in [1.165, 1.54) is 0 Å². The predicted octanol–water partition coefficient (Wildman–Crippen LogP) is 6.08. The molecule has 3 fully saturated rings. The van der Waals surface area contributed by atoms with E-state index < -0.39 is 12.8 Å². The number of hydrogen-bond donors (Lipinski definition) is 2. The highest BCUT2D eigenvalue weighted by atomic mass is 35.5. The molecule has 2 aromatic heterocycles. The quantitative estimate of drug-likeness (QED) is 0.283. The fraction of sp³-hybridized carbons (Fsp3) is 0.516. The number of rotatable bonds is 5. The van der Waals surface area contributed by atoms with Crippen LogP contribution < -0.4 is 15.0 Å². The molecule has 4 aromatic rings. The van der Waals surface area contributed by atoms with Gasteiger partial charge in [-0.05, 0) is 75.9 Å². The number of anilines is 1. The second kappa shape index (κ2) is 10.8. The van der Waals surface area contributed by atoms with Gasteiger partial charge in [0.1, 0.15) is 17.2 Å². The van der Waals surface area contributed by atoms with E-state index in [0.29, 0.717) is 33.3 Å². The molecule has 3 aliphatic heterocycles. The van der Waals surface area contributed by atoms with Crippen molar-refractivity contribution in [2.45, 2.75) is 44.7 Å². The first-order chi connectivity index (χ1) is 20.6. The number of halogens is 4. The maximum atomic E-state index is 13.7. The molecule has 0 unspecified atom stereocenters. The van der Waals surface area contributed by atoms with Crippen LogP contribution in [0.15, 0.2) is 24.4 Å². The lowest BCUT2D eigenvalue weighted by molar-refractivity contribution is -0.153. The fourth-order valence-electron chi connectivity index (χ4n) is 6.91. The number of hydrogen-bond acceptors (Lipinski definition) is 7. The average molecular weight is 614 g/mol. The molecule has 3 saturated heterocycles. The summed E-state index contributed by atoms with van der Waals surface area (Å²) in [7, 11) is 2.10. The first-order valence-electron chi connectivity index (χ1n) is 14.9. The number of nitrogens with one attached hydrogen (secondary N) is 2. The Morgan fingerprint density at radius 2 is 1.79 bits per heavy atom. The molecule has 7 rings (SSSR count). The van der Waals surface area contributed by atoms with Crippen molar-refractivity contribution in [3.8, 4) is 16.9 Å². The number of benzene rings is 2. The van der Waals surface area contributed by atoms with Crippen molar-refractivity contribution in [2.24, 2.45) is 5.41 Å². The standard InChI is InChI=1S/C31H35ClF3N7O/c1-18-3-4-23-21(14-37-40-23)24(18)25-22(32)13-20-26(27(25)43-17-31(33,34)35)38-28(19-5-9-41(2)10-6-19)39-29(20)42-11-7-30(8-12-42)15-36-16-30/h3-4,13-14,19,36H,5-12,15-17H2,1-2H3,(H,37,40). The predicted molar refractivity (Wildman–Crippen MR) is 162 cm³/mol. The lowest BCUT2D eigenvalue weighted by Gasteiger charge is -2.48. The van der Waals surface area contributed by atoms with Gasteiger partial charge in [-0.25, -0.2) is 9.97 Å². The maximum Gasteiger partial charge on any atom is 0.422 e. The number of likely N-dealkylation sites (tertiary alicyclic amines) is 1. The van der Waals surface area contributed by atoms with Crippen molar-refractivity contribution in [1.82, 2.24) is 30.4 Å². The van der Waals surface area contributed by atoms with Crippen LogP contribution in [0.3, 0.4) is 0 Å². The monoisotopic (exact) mass is 613 g/mol. The molecule has 12 heteroatoms. The van der Waals surface area contributed by atoms with Crippen molar-refractivity contribution < 1.29 is 17.9 Å². The van der Waals surface area contributed by atoms with Crippen LogP contribution in [0.25, 0.3) is 32.9 Å². The fourth-order valence-corrected chi connectivity index (χ4v) is 7.20. The molecular weight excluding hydrogens is 579 g/mol.